The van der Waals surface area contributed by atoms with Crippen LogP contribution in [0.5, 0.6) is 0 Å². The lowest BCUT2D eigenvalue weighted by atomic mass is 9.97. The number of thiazole rings is 1. The number of oxime groups is 1. The topological polar surface area (TPSA) is 231 Å². The Labute approximate surface area is 198 Å². The molecule has 0 radical (unpaired) electrons. The molecule has 0 spiro atoms. The molecule has 0 aromatic carbocycles. The molecule has 3 rings (SSSR count). The monoisotopic (exact) mass is 519 g/mol. The van der Waals surface area contributed by atoms with Crippen molar-refractivity contribution in [2.45, 2.75) is 44.0 Å². The van der Waals surface area contributed by atoms with E-state index in [1.165, 1.54) is 19.2 Å². The summed E-state index contributed by atoms with van der Waals surface area (Å²) in [7, 11) is -4.87. The normalized spacial score (nSPS) is 24.1. The van der Waals surface area contributed by atoms with Crippen molar-refractivity contribution < 1.29 is 37.3 Å². The molecule has 15 nitrogen and oxygen atoms in total. The molecular formula is C17H25N7O8S2. The van der Waals surface area contributed by atoms with Gasteiger partial charge in [-0.05, 0) is 26.8 Å². The van der Waals surface area contributed by atoms with E-state index in [0.717, 1.165) is 11.3 Å². The number of anilines is 1. The van der Waals surface area contributed by atoms with Crippen LogP contribution in [-0.4, -0.2) is 99.1 Å². The molecule has 2 fully saturated rings. The van der Waals surface area contributed by atoms with E-state index >= 15 is 0 Å². The quantitative estimate of drug-likeness (QED) is 0.102. The summed E-state index contributed by atoms with van der Waals surface area (Å²) in [6.45, 7) is 3.45. The maximum Gasteiger partial charge on any atom is 0.362 e. The summed E-state index contributed by atoms with van der Waals surface area (Å²) in [6, 6.07) is -2.54. The molecule has 3 atom stereocenters. The van der Waals surface area contributed by atoms with Crippen molar-refractivity contribution in [3.05, 3.63) is 11.1 Å². The first-order chi connectivity index (χ1) is 15.7. The van der Waals surface area contributed by atoms with Gasteiger partial charge in [-0.15, -0.1) is 11.3 Å². The van der Waals surface area contributed by atoms with E-state index in [1.807, 2.05) is 4.90 Å². The van der Waals surface area contributed by atoms with E-state index in [9.17, 15) is 32.5 Å². The molecule has 0 bridgehead atoms. The number of nitrogens with zero attached hydrogens (tertiary/aromatic N) is 4. The van der Waals surface area contributed by atoms with E-state index in [1.54, 1.807) is 0 Å². The highest BCUT2D eigenvalue weighted by Crippen LogP contribution is 2.26. The smallest absolute Gasteiger partial charge is 0.362 e. The van der Waals surface area contributed by atoms with Gasteiger partial charge in [0.2, 0.25) is 5.60 Å². The maximum absolute atomic E-state index is 13.0. The largest absolute Gasteiger partial charge is 0.478 e. The van der Waals surface area contributed by atoms with Gasteiger partial charge in [0.1, 0.15) is 11.7 Å². The number of carboxylic acids is 1. The van der Waals surface area contributed by atoms with Gasteiger partial charge < -0.3 is 26.7 Å². The number of likely N-dealkylation sites (tertiary alicyclic amines) is 1. The summed E-state index contributed by atoms with van der Waals surface area (Å²) in [6.07, 6.45) is 0.669. The van der Waals surface area contributed by atoms with Gasteiger partial charge in [-0.2, -0.15) is 8.42 Å². The first-order valence-corrected chi connectivity index (χ1v) is 12.3. The number of aliphatic carboxylic acids is 1. The number of carbonyl (C=O) groups is 3. The van der Waals surface area contributed by atoms with Crippen molar-refractivity contribution in [3.8, 4) is 0 Å². The van der Waals surface area contributed by atoms with E-state index in [-0.39, 0.29) is 23.4 Å². The number of aromatic nitrogens is 1. The van der Waals surface area contributed by atoms with Crippen molar-refractivity contribution in [1.29, 1.82) is 0 Å². The van der Waals surface area contributed by atoms with Gasteiger partial charge >= 0.3 is 16.3 Å². The van der Waals surface area contributed by atoms with Crippen LogP contribution in [-0.2, 0) is 29.5 Å². The molecule has 17 heteroatoms. The van der Waals surface area contributed by atoms with Crippen LogP contribution in [0.1, 0.15) is 26.0 Å². The van der Waals surface area contributed by atoms with Gasteiger partial charge in [0.15, 0.2) is 10.8 Å². The van der Waals surface area contributed by atoms with Gasteiger partial charge in [-0.1, -0.05) is 5.16 Å². The van der Waals surface area contributed by atoms with E-state index in [0.29, 0.717) is 23.8 Å². The number of nitrogen functional groups attached to an aromatic ring is 1. The lowest BCUT2D eigenvalue weighted by molar-refractivity contribution is -0.161. The Morgan fingerprint density at radius 2 is 2.12 bits per heavy atom. The van der Waals surface area contributed by atoms with Gasteiger partial charge in [0, 0.05) is 24.5 Å². The van der Waals surface area contributed by atoms with Crippen molar-refractivity contribution >= 4 is 50.3 Å². The van der Waals surface area contributed by atoms with Gasteiger partial charge in [0.05, 0.1) is 6.04 Å². The minimum atomic E-state index is -4.87. The summed E-state index contributed by atoms with van der Waals surface area (Å²) in [5.74, 6) is -3.38. The molecule has 1 aromatic heterocycles. The predicted molar refractivity (Wildman–Crippen MR) is 119 cm³/mol. The minimum absolute atomic E-state index is 0.0306. The molecule has 188 valence electrons. The first-order valence-electron chi connectivity index (χ1n) is 10.0. The van der Waals surface area contributed by atoms with E-state index in [4.69, 9.17) is 16.3 Å². The third-order valence-electron chi connectivity index (χ3n) is 5.32. The van der Waals surface area contributed by atoms with Crippen LogP contribution in [0.2, 0.25) is 0 Å². The summed E-state index contributed by atoms with van der Waals surface area (Å²) in [5.41, 5.74) is 9.18. The zero-order chi connectivity index (χ0) is 25.4. The Hall–Kier alpha value is -2.86. The number of amides is 2. The average molecular weight is 520 g/mol. The first kappa shape index (κ1) is 25.8. The number of nitrogens with two attached hydrogens (primary N) is 2. The second-order valence-corrected chi connectivity index (χ2v) is 10.5. The zero-order valence-corrected chi connectivity index (χ0v) is 19.9. The van der Waals surface area contributed by atoms with Gasteiger partial charge in [0.25, 0.3) is 11.8 Å². The lowest BCUT2D eigenvalue weighted by Gasteiger charge is -2.45. The Morgan fingerprint density at radius 3 is 2.62 bits per heavy atom. The molecule has 2 aliphatic rings. The fourth-order valence-electron chi connectivity index (χ4n) is 3.44. The molecule has 0 saturated carbocycles. The van der Waals surface area contributed by atoms with E-state index in [2.05, 4.69) is 15.5 Å². The molecule has 2 saturated heterocycles. The number of rotatable bonds is 9. The van der Waals surface area contributed by atoms with Crippen LogP contribution in [0.15, 0.2) is 10.5 Å². The second kappa shape index (κ2) is 9.41. The fourth-order valence-corrected chi connectivity index (χ4v) is 4.86. The molecule has 3 heterocycles. The zero-order valence-electron chi connectivity index (χ0n) is 18.2. The van der Waals surface area contributed by atoms with E-state index < -0.39 is 51.5 Å². The highest BCUT2D eigenvalue weighted by molar-refractivity contribution is 7.84. The molecule has 2 aliphatic heterocycles. The second-order valence-electron chi connectivity index (χ2n) is 8.36. The van der Waals surface area contributed by atoms with Crippen LogP contribution in [0.4, 0.5) is 5.13 Å². The Balaban J connectivity index is 1.84. The van der Waals surface area contributed by atoms with Crippen LogP contribution in [0, 0.1) is 0 Å². The Kier molecular flexibility index (Phi) is 7.13. The molecule has 2 amide bonds. The van der Waals surface area contributed by atoms with Crippen molar-refractivity contribution in [2.24, 2.45) is 10.9 Å². The van der Waals surface area contributed by atoms with Crippen molar-refractivity contribution in [1.82, 2.24) is 19.5 Å². The summed E-state index contributed by atoms with van der Waals surface area (Å²) in [5, 5.41) is 16.7. The minimum Gasteiger partial charge on any atom is -0.478 e. The Morgan fingerprint density at radius 1 is 1.44 bits per heavy atom. The number of hydrogen-bond donors (Lipinski definition) is 5. The SMILES string of the molecule is CC(C)(O/N=C(\C(=O)N[C@@H]1C(=O)N(S(=O)(=O)O)[C@@H]1CN1CC[C@H](N)C1)c1csc(N)n1)C(=O)O. The molecule has 0 unspecified atom stereocenters. The van der Waals surface area contributed by atoms with Crippen LogP contribution in [0.25, 0.3) is 0 Å². The number of nitrogens with one attached hydrogen (secondary N) is 1. The van der Waals surface area contributed by atoms with Crippen LogP contribution >= 0.6 is 11.3 Å². The Bertz CT molecular complexity index is 1120. The molecular weight excluding hydrogens is 494 g/mol. The molecule has 34 heavy (non-hydrogen) atoms. The molecule has 1 aromatic rings. The van der Waals surface area contributed by atoms with Crippen molar-refractivity contribution in [2.75, 3.05) is 25.4 Å². The van der Waals surface area contributed by atoms with Crippen LogP contribution in [0.3, 0.4) is 0 Å². The van der Waals surface area contributed by atoms with Gasteiger partial charge in [-0.25, -0.2) is 14.1 Å². The summed E-state index contributed by atoms with van der Waals surface area (Å²) in [4.78, 5) is 47.6. The van der Waals surface area contributed by atoms with Crippen molar-refractivity contribution in [3.63, 3.8) is 0 Å². The maximum atomic E-state index is 13.0. The summed E-state index contributed by atoms with van der Waals surface area (Å²) < 4.78 is 33.2. The highest BCUT2D eigenvalue weighted by Gasteiger charge is 2.54. The predicted octanol–water partition coefficient (Wildman–Crippen LogP) is -2.16. The number of carboxylic acid groups (broad SMARTS) is 1. The van der Waals surface area contributed by atoms with Crippen LogP contribution < -0.4 is 16.8 Å². The van der Waals surface area contributed by atoms with Gasteiger partial charge in [-0.3, -0.25) is 19.0 Å². The molecule has 0 aliphatic carbocycles. The number of hydrogen-bond acceptors (Lipinski definition) is 12. The lowest BCUT2D eigenvalue weighted by Crippen LogP contribution is -2.74. The standard InChI is InChI=1S/C17H25N7O8S2/c1-17(2,15(27)28)32-22-11(9-7-33-16(19)20-9)13(25)21-12-10(6-23-4-3-8(18)5-23)24(14(12)26)34(29,30)31/h7-8,10,12H,3-6,18H2,1-2H3,(H2,19,20)(H,21,25)(H,27,28)(H,29,30,31)/b22-11-/t8-,10+,12-/m0/s1. The fraction of sp³-hybridized carbons (Fsp3) is 0.588. The number of carbonyl (C=O) groups excluding carboxylic acids is 2. The third kappa shape index (κ3) is 5.44. The third-order valence-corrected chi connectivity index (χ3v) is 6.94. The average Bonchev–Trinajstić information content (AvgIpc) is 3.32. The number of β-lactam (4-membered cyclic amide) rings is 1. The highest BCUT2D eigenvalue weighted by atomic mass is 32.2. The summed E-state index contributed by atoms with van der Waals surface area (Å²) >= 11 is 0.983. The molecule has 7 N–H and O–H groups in total.